The van der Waals surface area contributed by atoms with Crippen molar-refractivity contribution >= 4 is 105 Å². The summed E-state index contributed by atoms with van der Waals surface area (Å²) in [6.45, 7) is 63.8. The fourth-order valence-electron chi connectivity index (χ4n) is 11.2. The molecule has 3 rings (SSSR count). The Morgan fingerprint density at radius 2 is 0.623 bits per heavy atom. The number of rotatable bonds is 14. The van der Waals surface area contributed by atoms with Crippen LogP contribution in [-0.4, -0.2) is 54.8 Å². The molecule has 0 N–H and O–H groups in total. The SMILES string of the molecule is CC(C)c1cc(C(C)C)c([Si]2(c3c(C([Si](C)(C)C)[Si](C)(C)C)cc(C([Si](C)(C)C)[Si](C)(C)C)cc3C([Si](C)(C)C)[Si](C)(C)C)SSSS2)c(C(C)C)c1. The molecule has 2 aromatic rings. The highest BCUT2D eigenvalue weighted by Crippen LogP contribution is 2.64. The van der Waals surface area contributed by atoms with Gasteiger partial charge in [-0.05, 0) is 96.7 Å². The van der Waals surface area contributed by atoms with E-state index in [-0.39, 0.29) is 0 Å². The van der Waals surface area contributed by atoms with Crippen LogP contribution in [0.15, 0.2) is 24.3 Å². The van der Waals surface area contributed by atoms with E-state index in [2.05, 4.69) is 224 Å². The molecule has 0 aliphatic carbocycles. The fourth-order valence-corrected chi connectivity index (χ4v) is 82.3. The second kappa shape index (κ2) is 16.8. The molecule has 302 valence electrons. The van der Waals surface area contributed by atoms with Crippen molar-refractivity contribution < 1.29 is 0 Å². The highest BCUT2D eigenvalue weighted by Gasteiger charge is 2.56. The molecule has 0 nitrogen and oxygen atoms in total. The lowest BCUT2D eigenvalue weighted by molar-refractivity contribution is 0.812. The first-order valence-electron chi connectivity index (χ1n) is 20.6. The van der Waals surface area contributed by atoms with Crippen LogP contribution < -0.4 is 10.4 Å². The third-order valence-electron chi connectivity index (χ3n) is 11.5. The Bertz CT molecular complexity index is 1460. The summed E-state index contributed by atoms with van der Waals surface area (Å²) in [4.78, 5) is 0. The highest BCUT2D eigenvalue weighted by atomic mass is 33.8. The molecule has 1 heterocycles. The molecule has 0 amide bonds. The standard InChI is InChI=1S/C42H82S4Si7/c1-29(2)32-25-34(30(3)4)38(35(26-32)31(5)6)53(45-43-44-46-53)39-36(41(49(13,14)15)50(16,17)18)27-33(40(47(7,8)9)48(10,11)12)28-37(39)42(51(19,20)21)52(22,23)24/h25-31,40-42H,1-24H3. The molecule has 53 heavy (non-hydrogen) atoms. The van der Waals surface area contributed by atoms with Crippen molar-refractivity contribution in [3.05, 3.63) is 57.6 Å². The van der Waals surface area contributed by atoms with Gasteiger partial charge in [-0.2, -0.15) is 0 Å². The Balaban J connectivity index is 2.95. The maximum Gasteiger partial charge on any atom is 0.265 e. The first-order chi connectivity index (χ1) is 23.6. The summed E-state index contributed by atoms with van der Waals surface area (Å²) in [5, 5.41) is 5.87. The smallest absolute Gasteiger partial charge is 0.0831 e. The third-order valence-corrected chi connectivity index (χ3v) is 61.7. The molecule has 11 heteroatoms. The lowest BCUT2D eigenvalue weighted by Gasteiger charge is -2.48. The van der Waals surface area contributed by atoms with Crippen molar-refractivity contribution in [1.29, 1.82) is 0 Å². The zero-order valence-corrected chi connectivity index (χ0v) is 49.2. The molecule has 0 radical (unpaired) electrons. The number of hydrogen-bond donors (Lipinski definition) is 0. The lowest BCUT2D eigenvalue weighted by atomic mass is 9.89. The maximum absolute atomic E-state index is 2.97. The molecule has 0 saturated carbocycles. The molecule has 0 spiro atoms. The average Bonchev–Trinajstić information content (AvgIpc) is 3.37. The van der Waals surface area contributed by atoms with Crippen LogP contribution in [0.2, 0.25) is 118 Å². The van der Waals surface area contributed by atoms with E-state index in [0.717, 1.165) is 5.16 Å². The fraction of sp³-hybridized carbons (Fsp3) is 0.714. The summed E-state index contributed by atoms with van der Waals surface area (Å²) in [5.41, 5.74) is 10.4. The zero-order valence-electron chi connectivity index (χ0n) is 38.9. The highest BCUT2D eigenvalue weighted by molar-refractivity contribution is 9.42. The van der Waals surface area contributed by atoms with Gasteiger partial charge in [-0.1, -0.05) is 204 Å². The monoisotopic (exact) mass is 910 g/mol. The van der Waals surface area contributed by atoms with E-state index in [9.17, 15) is 0 Å². The van der Waals surface area contributed by atoms with Gasteiger partial charge in [0.05, 0.1) is 0 Å². The topological polar surface area (TPSA) is 0 Å². The molecular formula is C42H82S4Si7. The van der Waals surface area contributed by atoms with E-state index in [0.29, 0.717) is 28.1 Å². The Morgan fingerprint density at radius 3 is 0.868 bits per heavy atom. The van der Waals surface area contributed by atoms with E-state index in [4.69, 9.17) is 0 Å². The summed E-state index contributed by atoms with van der Waals surface area (Å²) in [5.74, 6) is 1.51. The lowest BCUT2D eigenvalue weighted by Crippen LogP contribution is -2.62. The average molecular weight is 912 g/mol. The summed E-state index contributed by atoms with van der Waals surface area (Å²) in [7, 11) is -0.831. The van der Waals surface area contributed by atoms with Gasteiger partial charge in [-0.3, -0.25) is 0 Å². The van der Waals surface area contributed by atoms with Crippen LogP contribution in [0.25, 0.3) is 0 Å². The molecule has 1 fully saturated rings. The van der Waals surface area contributed by atoms with Gasteiger partial charge in [0.15, 0.2) is 0 Å². The van der Waals surface area contributed by atoms with Gasteiger partial charge < -0.3 is 0 Å². The normalized spacial score (nSPS) is 16.8. The third kappa shape index (κ3) is 10.8. The van der Waals surface area contributed by atoms with Crippen molar-refractivity contribution in [2.45, 2.75) is 193 Å². The second-order valence-electron chi connectivity index (χ2n) is 24.0. The van der Waals surface area contributed by atoms with Crippen LogP contribution in [0.3, 0.4) is 0 Å². The second-order valence-corrected chi connectivity index (χ2v) is 72.2. The largest absolute Gasteiger partial charge is 0.265 e. The summed E-state index contributed by atoms with van der Waals surface area (Å²) in [6, 6.07) is 11.3. The first kappa shape index (κ1) is 48.7. The van der Waals surface area contributed by atoms with Crippen LogP contribution in [-0.2, 0) is 0 Å². The van der Waals surface area contributed by atoms with Gasteiger partial charge in [0.25, 0.3) is 6.37 Å². The molecule has 0 atom stereocenters. The predicted octanol–water partition coefficient (Wildman–Crippen LogP) is 15.8. The quantitative estimate of drug-likeness (QED) is 0.137. The molecule has 0 bridgehead atoms. The minimum Gasteiger partial charge on any atom is -0.0831 e. The minimum absolute atomic E-state index is 0.492. The van der Waals surface area contributed by atoms with Gasteiger partial charge in [0.2, 0.25) is 0 Å². The van der Waals surface area contributed by atoms with Crippen LogP contribution >= 0.6 is 40.1 Å². The predicted molar refractivity (Wildman–Crippen MR) is 279 cm³/mol. The summed E-state index contributed by atoms with van der Waals surface area (Å²) in [6.07, 6.45) is -2.47. The molecule has 1 saturated heterocycles. The molecule has 1 aliphatic heterocycles. The summed E-state index contributed by atoms with van der Waals surface area (Å²) >= 11 is 0. The van der Waals surface area contributed by atoms with E-state index in [1.807, 2.05) is 16.3 Å². The Morgan fingerprint density at radius 1 is 0.358 bits per heavy atom. The van der Waals surface area contributed by atoms with E-state index in [1.165, 1.54) is 5.56 Å². The molecular weight excluding hydrogens is 829 g/mol. The van der Waals surface area contributed by atoms with Crippen molar-refractivity contribution in [3.8, 4) is 0 Å². The van der Waals surface area contributed by atoms with Crippen molar-refractivity contribution in [3.63, 3.8) is 0 Å². The van der Waals surface area contributed by atoms with Crippen LogP contribution in [0.1, 0.15) is 108 Å². The number of benzene rings is 2. The van der Waals surface area contributed by atoms with Crippen LogP contribution in [0.5, 0.6) is 0 Å². The van der Waals surface area contributed by atoms with Gasteiger partial charge in [-0.15, -0.1) is 0 Å². The van der Waals surface area contributed by atoms with Crippen molar-refractivity contribution in [1.82, 2.24) is 0 Å². The Kier molecular flexibility index (Phi) is 15.4. The van der Waals surface area contributed by atoms with Gasteiger partial charge in [0.1, 0.15) is 0 Å². The Labute approximate surface area is 352 Å². The molecule has 1 aliphatic rings. The number of hydrogen-bond acceptors (Lipinski definition) is 4. The summed E-state index contributed by atoms with van der Waals surface area (Å²) < 4.78 is 0. The molecule has 2 aromatic carbocycles. The van der Waals surface area contributed by atoms with E-state index in [1.54, 1.807) is 21.9 Å². The van der Waals surface area contributed by atoms with Gasteiger partial charge in [0, 0.05) is 48.4 Å². The zero-order chi connectivity index (χ0) is 41.2. The first-order valence-corrected chi connectivity index (χ1v) is 50.4. The maximum atomic E-state index is 2.97. The van der Waals surface area contributed by atoms with Crippen molar-refractivity contribution in [2.75, 3.05) is 0 Å². The van der Waals surface area contributed by atoms with E-state index < -0.39 is 54.8 Å². The van der Waals surface area contributed by atoms with Crippen LogP contribution in [0, 0.1) is 0 Å². The van der Waals surface area contributed by atoms with Gasteiger partial charge >= 0.3 is 0 Å². The minimum atomic E-state index is -2.47. The van der Waals surface area contributed by atoms with E-state index >= 15 is 0 Å². The van der Waals surface area contributed by atoms with Crippen molar-refractivity contribution in [2.24, 2.45) is 0 Å². The molecule has 0 aromatic heterocycles. The van der Waals surface area contributed by atoms with Crippen LogP contribution in [0.4, 0.5) is 0 Å². The molecule has 0 unspecified atom stereocenters. The van der Waals surface area contributed by atoms with Gasteiger partial charge in [-0.25, -0.2) is 0 Å². The Hall–Kier alpha value is 1.36.